The molecule has 0 amide bonds. The minimum absolute atomic E-state index is 0.292. The lowest BCUT2D eigenvalue weighted by molar-refractivity contribution is -0.0596. The minimum Gasteiger partial charge on any atom is -0.494 e. The van der Waals surface area contributed by atoms with Gasteiger partial charge in [-0.25, -0.2) is 4.39 Å². The molecule has 26 heavy (non-hydrogen) atoms. The van der Waals surface area contributed by atoms with Crippen LogP contribution in [-0.4, -0.2) is 35.2 Å². The molecule has 0 aromatic heterocycles. The first-order chi connectivity index (χ1) is 12.7. The lowest BCUT2D eigenvalue weighted by atomic mass is 9.80. The highest BCUT2D eigenvalue weighted by atomic mass is 19.1. The maximum Gasteiger partial charge on any atom is 0.129 e. The zero-order valence-corrected chi connectivity index (χ0v) is 15.0. The number of para-hydroxylation sites is 1. The molecule has 0 saturated carbocycles. The topological polar surface area (TPSA) is 32.7 Å². The van der Waals surface area contributed by atoms with Gasteiger partial charge >= 0.3 is 0 Å². The van der Waals surface area contributed by atoms with Gasteiger partial charge in [0.05, 0.1) is 12.2 Å². The largest absolute Gasteiger partial charge is 0.494 e. The highest BCUT2D eigenvalue weighted by Crippen LogP contribution is 2.46. The fourth-order valence-corrected chi connectivity index (χ4v) is 4.69. The van der Waals surface area contributed by atoms with Crippen LogP contribution in [0.15, 0.2) is 54.6 Å². The SMILES string of the molecule is OC1(c2ccccc2F)CC2CCC(C1)N2CCCOc1ccccc1. The van der Waals surface area contributed by atoms with Crippen LogP contribution in [-0.2, 0) is 5.60 Å². The van der Waals surface area contributed by atoms with E-state index < -0.39 is 5.60 Å². The Morgan fingerprint density at radius 2 is 1.65 bits per heavy atom. The molecule has 2 aliphatic rings. The Morgan fingerprint density at radius 3 is 2.35 bits per heavy atom. The number of halogens is 1. The number of benzene rings is 2. The van der Waals surface area contributed by atoms with Gasteiger partial charge in [-0.3, -0.25) is 4.90 Å². The number of hydrogen-bond donors (Lipinski definition) is 1. The van der Waals surface area contributed by atoms with E-state index >= 15 is 0 Å². The second-order valence-electron chi connectivity index (χ2n) is 7.56. The molecule has 2 atom stereocenters. The lowest BCUT2D eigenvalue weighted by Crippen LogP contribution is -2.50. The van der Waals surface area contributed by atoms with Crippen LogP contribution in [0.4, 0.5) is 4.39 Å². The van der Waals surface area contributed by atoms with Gasteiger partial charge in [-0.2, -0.15) is 0 Å². The summed E-state index contributed by atoms with van der Waals surface area (Å²) in [4.78, 5) is 2.50. The standard InChI is InChI=1S/C22H26FNO2/c23-21-10-5-4-9-20(21)22(25)15-17-11-12-18(16-22)24(17)13-6-14-26-19-7-2-1-3-8-19/h1-5,7-10,17-18,25H,6,11-16H2. The summed E-state index contributed by atoms with van der Waals surface area (Å²) in [6.07, 6.45) is 4.36. The molecule has 3 nitrogen and oxygen atoms in total. The van der Waals surface area contributed by atoms with Gasteiger partial charge in [-0.05, 0) is 50.3 Å². The summed E-state index contributed by atoms with van der Waals surface area (Å²) in [6.45, 7) is 1.66. The highest BCUT2D eigenvalue weighted by Gasteiger charge is 2.48. The number of aliphatic hydroxyl groups is 1. The number of rotatable bonds is 6. The molecule has 2 heterocycles. The van der Waals surface area contributed by atoms with E-state index in [1.165, 1.54) is 6.07 Å². The predicted molar refractivity (Wildman–Crippen MR) is 99.6 cm³/mol. The van der Waals surface area contributed by atoms with Crippen LogP contribution >= 0.6 is 0 Å². The van der Waals surface area contributed by atoms with Gasteiger partial charge < -0.3 is 9.84 Å². The molecule has 2 aromatic carbocycles. The van der Waals surface area contributed by atoms with E-state index in [0.717, 1.165) is 31.6 Å². The Bertz CT molecular complexity index is 722. The van der Waals surface area contributed by atoms with Crippen LogP contribution in [0.25, 0.3) is 0 Å². The average Bonchev–Trinajstić information content (AvgIpc) is 2.90. The van der Waals surface area contributed by atoms with Crippen molar-refractivity contribution in [2.24, 2.45) is 0 Å². The summed E-state index contributed by atoms with van der Waals surface area (Å²) in [5.74, 6) is 0.613. The van der Waals surface area contributed by atoms with Gasteiger partial charge in [0.2, 0.25) is 0 Å². The third kappa shape index (κ3) is 3.49. The van der Waals surface area contributed by atoms with Crippen molar-refractivity contribution >= 4 is 0 Å². The number of ether oxygens (including phenoxy) is 1. The Morgan fingerprint density at radius 1 is 1.00 bits per heavy atom. The second-order valence-corrected chi connectivity index (χ2v) is 7.56. The summed E-state index contributed by atoms with van der Waals surface area (Å²) in [5, 5.41) is 11.2. The van der Waals surface area contributed by atoms with Crippen LogP contribution < -0.4 is 4.74 Å². The first-order valence-corrected chi connectivity index (χ1v) is 9.57. The average molecular weight is 355 g/mol. The third-order valence-corrected chi connectivity index (χ3v) is 5.87. The van der Waals surface area contributed by atoms with Crippen molar-refractivity contribution in [1.29, 1.82) is 0 Å². The minimum atomic E-state index is -1.03. The smallest absolute Gasteiger partial charge is 0.129 e. The molecule has 2 aromatic rings. The van der Waals surface area contributed by atoms with Crippen LogP contribution in [0.1, 0.15) is 37.7 Å². The molecule has 0 radical (unpaired) electrons. The van der Waals surface area contributed by atoms with Gasteiger partial charge in [-0.1, -0.05) is 36.4 Å². The molecule has 2 unspecified atom stereocenters. The monoisotopic (exact) mass is 355 g/mol. The molecule has 4 heteroatoms. The quantitative estimate of drug-likeness (QED) is 0.792. The van der Waals surface area contributed by atoms with Crippen molar-refractivity contribution < 1.29 is 14.2 Å². The summed E-state index contributed by atoms with van der Waals surface area (Å²) < 4.78 is 20.0. The molecule has 0 aliphatic carbocycles. The summed E-state index contributed by atoms with van der Waals surface area (Å²) in [6, 6.07) is 17.2. The Hall–Kier alpha value is -1.91. The molecular weight excluding hydrogens is 329 g/mol. The number of fused-ring (bicyclic) bond motifs is 2. The van der Waals surface area contributed by atoms with Crippen molar-refractivity contribution in [1.82, 2.24) is 4.90 Å². The van der Waals surface area contributed by atoms with E-state index in [-0.39, 0.29) is 5.82 Å². The summed E-state index contributed by atoms with van der Waals surface area (Å²) >= 11 is 0. The van der Waals surface area contributed by atoms with Gasteiger partial charge in [0.15, 0.2) is 0 Å². The van der Waals surface area contributed by atoms with E-state index in [9.17, 15) is 9.50 Å². The molecule has 1 N–H and O–H groups in total. The van der Waals surface area contributed by atoms with Crippen molar-refractivity contribution in [3.63, 3.8) is 0 Å². The van der Waals surface area contributed by atoms with E-state index in [2.05, 4.69) is 4.90 Å². The molecule has 2 fully saturated rings. The van der Waals surface area contributed by atoms with Crippen LogP contribution in [0.3, 0.4) is 0 Å². The maximum atomic E-state index is 14.2. The Balaban J connectivity index is 1.34. The first kappa shape index (κ1) is 17.5. The second kappa shape index (κ2) is 7.37. The van der Waals surface area contributed by atoms with Crippen molar-refractivity contribution in [2.45, 2.75) is 49.8 Å². The van der Waals surface area contributed by atoms with Crippen molar-refractivity contribution in [3.05, 3.63) is 66.0 Å². The molecule has 0 spiro atoms. The van der Waals surface area contributed by atoms with E-state index in [0.29, 0.717) is 37.1 Å². The van der Waals surface area contributed by atoms with E-state index in [1.807, 2.05) is 36.4 Å². The molecule has 4 rings (SSSR count). The van der Waals surface area contributed by atoms with Crippen molar-refractivity contribution in [2.75, 3.05) is 13.2 Å². The molecule has 2 bridgehead atoms. The van der Waals surface area contributed by atoms with Gasteiger partial charge in [0, 0.05) is 24.2 Å². The van der Waals surface area contributed by atoms with Gasteiger partial charge in [-0.15, -0.1) is 0 Å². The molecule has 2 saturated heterocycles. The normalized spacial score (nSPS) is 28.2. The zero-order valence-electron chi connectivity index (χ0n) is 15.0. The third-order valence-electron chi connectivity index (χ3n) is 5.87. The number of hydrogen-bond acceptors (Lipinski definition) is 3. The van der Waals surface area contributed by atoms with Crippen LogP contribution in [0.2, 0.25) is 0 Å². The van der Waals surface area contributed by atoms with Gasteiger partial charge in [0.1, 0.15) is 11.6 Å². The maximum absolute atomic E-state index is 14.2. The van der Waals surface area contributed by atoms with Crippen molar-refractivity contribution in [3.8, 4) is 5.75 Å². The lowest BCUT2D eigenvalue weighted by Gasteiger charge is -2.44. The molecule has 2 aliphatic heterocycles. The van der Waals surface area contributed by atoms with E-state index in [4.69, 9.17) is 4.74 Å². The first-order valence-electron chi connectivity index (χ1n) is 9.57. The molecule has 138 valence electrons. The summed E-state index contributed by atoms with van der Waals surface area (Å²) in [5.41, 5.74) is -0.572. The fourth-order valence-electron chi connectivity index (χ4n) is 4.69. The Kier molecular flexibility index (Phi) is 4.96. The Labute approximate surface area is 154 Å². The van der Waals surface area contributed by atoms with Crippen LogP contribution in [0.5, 0.6) is 5.75 Å². The predicted octanol–water partition coefficient (Wildman–Crippen LogP) is 4.11. The number of piperidine rings is 1. The fraction of sp³-hybridized carbons (Fsp3) is 0.455. The van der Waals surface area contributed by atoms with Crippen LogP contribution in [0, 0.1) is 5.82 Å². The van der Waals surface area contributed by atoms with E-state index in [1.54, 1.807) is 12.1 Å². The number of nitrogens with zero attached hydrogens (tertiary/aromatic N) is 1. The molecular formula is C22H26FNO2. The van der Waals surface area contributed by atoms with Gasteiger partial charge in [0.25, 0.3) is 0 Å². The summed E-state index contributed by atoms with van der Waals surface area (Å²) in [7, 11) is 0. The zero-order chi connectivity index (χ0) is 18.0. The highest BCUT2D eigenvalue weighted by molar-refractivity contribution is 5.27.